The highest BCUT2D eigenvalue weighted by Gasteiger charge is 2.21. The summed E-state index contributed by atoms with van der Waals surface area (Å²) < 4.78 is 0. The van der Waals surface area contributed by atoms with E-state index in [0.717, 1.165) is 11.1 Å². The van der Waals surface area contributed by atoms with E-state index in [2.05, 4.69) is 24.5 Å². The third-order valence-electron chi connectivity index (χ3n) is 3.71. The second kappa shape index (κ2) is 7.71. The number of carbonyl (C=O) groups is 1. The molecule has 0 radical (unpaired) electrons. The van der Waals surface area contributed by atoms with Gasteiger partial charge in [0.25, 0.3) is 0 Å². The van der Waals surface area contributed by atoms with Gasteiger partial charge in [0, 0.05) is 28.5 Å². The van der Waals surface area contributed by atoms with E-state index in [4.69, 9.17) is 23.2 Å². The van der Waals surface area contributed by atoms with E-state index in [1.165, 1.54) is 0 Å². The molecule has 122 valence electrons. The third-order valence-corrected chi connectivity index (χ3v) is 4.33. The molecule has 0 aliphatic carbocycles. The van der Waals surface area contributed by atoms with E-state index in [9.17, 15) is 4.79 Å². The molecule has 2 aromatic carbocycles. The molecule has 0 atom stereocenters. The lowest BCUT2D eigenvalue weighted by molar-refractivity contribution is 0.238. The summed E-state index contributed by atoms with van der Waals surface area (Å²) in [5.41, 5.74) is 1.82. The molecule has 2 amide bonds. The van der Waals surface area contributed by atoms with Gasteiger partial charge in [-0.25, -0.2) is 4.79 Å². The Hall–Kier alpha value is -1.71. The number of nitrogens with one attached hydrogen (secondary N) is 2. The predicted octanol–water partition coefficient (Wildman–Crippen LogP) is 4.77. The molecule has 0 heterocycles. The number of hydrogen-bond acceptors (Lipinski definition) is 1. The van der Waals surface area contributed by atoms with Gasteiger partial charge in [-0.05, 0) is 29.3 Å². The number of carbonyl (C=O) groups excluding carboxylic acids is 1. The van der Waals surface area contributed by atoms with Crippen molar-refractivity contribution in [1.82, 2.24) is 10.6 Å². The minimum Gasteiger partial charge on any atom is -0.337 e. The number of benzene rings is 2. The zero-order valence-corrected chi connectivity index (χ0v) is 14.7. The molecular formula is C18H20Cl2N2O. The third kappa shape index (κ3) is 5.15. The van der Waals surface area contributed by atoms with Crippen LogP contribution in [0, 0.1) is 0 Å². The quantitative estimate of drug-likeness (QED) is 0.800. The standard InChI is InChI=1S/C18H20Cl2N2O/c1-18(2,14-7-9-15(19)10-8-14)12-22-17(23)21-11-13-5-3-4-6-16(13)20/h3-10H,11-12H2,1-2H3,(H2,21,22,23). The van der Waals surface area contributed by atoms with E-state index in [-0.39, 0.29) is 11.4 Å². The topological polar surface area (TPSA) is 41.1 Å². The SMILES string of the molecule is CC(C)(CNC(=O)NCc1ccccc1Cl)c1ccc(Cl)cc1. The molecule has 0 unspecified atom stereocenters. The Labute approximate surface area is 147 Å². The molecule has 5 heteroatoms. The first kappa shape index (κ1) is 17.6. The molecule has 0 spiro atoms. The first-order valence-electron chi connectivity index (χ1n) is 7.40. The number of rotatable bonds is 5. The molecular weight excluding hydrogens is 331 g/mol. The summed E-state index contributed by atoms with van der Waals surface area (Å²) >= 11 is 12.0. The van der Waals surface area contributed by atoms with Crippen LogP contribution in [0.2, 0.25) is 10.0 Å². The van der Waals surface area contributed by atoms with Gasteiger partial charge in [-0.3, -0.25) is 0 Å². The fourth-order valence-corrected chi connectivity index (χ4v) is 2.51. The van der Waals surface area contributed by atoms with Crippen LogP contribution in [0.5, 0.6) is 0 Å². The highest BCUT2D eigenvalue weighted by atomic mass is 35.5. The van der Waals surface area contributed by atoms with E-state index < -0.39 is 0 Å². The second-order valence-corrected chi connectivity index (χ2v) is 6.86. The molecule has 2 aromatic rings. The van der Waals surface area contributed by atoms with Crippen LogP contribution in [0.25, 0.3) is 0 Å². The molecule has 23 heavy (non-hydrogen) atoms. The zero-order valence-electron chi connectivity index (χ0n) is 13.2. The van der Waals surface area contributed by atoms with E-state index in [1.807, 2.05) is 42.5 Å². The molecule has 0 aliphatic rings. The Balaban J connectivity index is 1.86. The Kier molecular flexibility index (Phi) is 5.91. The molecule has 0 saturated heterocycles. The molecule has 2 N–H and O–H groups in total. The number of hydrogen-bond donors (Lipinski definition) is 2. The Morgan fingerprint density at radius 2 is 1.65 bits per heavy atom. The van der Waals surface area contributed by atoms with Crippen LogP contribution < -0.4 is 10.6 Å². The Bertz CT molecular complexity index is 669. The lowest BCUT2D eigenvalue weighted by atomic mass is 9.85. The van der Waals surface area contributed by atoms with Crippen LogP contribution in [0.15, 0.2) is 48.5 Å². The van der Waals surface area contributed by atoms with Gasteiger partial charge in [0.1, 0.15) is 0 Å². The minimum absolute atomic E-state index is 0.188. The summed E-state index contributed by atoms with van der Waals surface area (Å²) in [6, 6.07) is 14.9. The van der Waals surface area contributed by atoms with Crippen LogP contribution in [-0.2, 0) is 12.0 Å². The molecule has 0 saturated carbocycles. The van der Waals surface area contributed by atoms with Crippen molar-refractivity contribution in [3.8, 4) is 0 Å². The van der Waals surface area contributed by atoms with Gasteiger partial charge < -0.3 is 10.6 Å². The maximum atomic E-state index is 12.0. The average molecular weight is 351 g/mol. The van der Waals surface area contributed by atoms with Gasteiger partial charge in [0.15, 0.2) is 0 Å². The monoisotopic (exact) mass is 350 g/mol. The summed E-state index contributed by atoms with van der Waals surface area (Å²) in [5.74, 6) is 0. The molecule has 2 rings (SSSR count). The molecule has 0 aromatic heterocycles. The lowest BCUT2D eigenvalue weighted by Crippen LogP contribution is -2.42. The van der Waals surface area contributed by atoms with Crippen molar-refractivity contribution in [1.29, 1.82) is 0 Å². The largest absolute Gasteiger partial charge is 0.337 e. The van der Waals surface area contributed by atoms with Gasteiger partial charge in [0.2, 0.25) is 0 Å². The van der Waals surface area contributed by atoms with Gasteiger partial charge in [-0.2, -0.15) is 0 Å². The summed E-state index contributed by atoms with van der Waals surface area (Å²) in [6.45, 7) is 5.06. The summed E-state index contributed by atoms with van der Waals surface area (Å²) in [6.07, 6.45) is 0. The normalized spacial score (nSPS) is 11.1. The van der Waals surface area contributed by atoms with Crippen molar-refractivity contribution in [3.05, 3.63) is 69.7 Å². The van der Waals surface area contributed by atoms with Crippen molar-refractivity contribution in [2.24, 2.45) is 0 Å². The van der Waals surface area contributed by atoms with Crippen LogP contribution >= 0.6 is 23.2 Å². The fourth-order valence-electron chi connectivity index (χ4n) is 2.18. The molecule has 0 aliphatic heterocycles. The summed E-state index contributed by atoms with van der Waals surface area (Å²) in [7, 11) is 0. The van der Waals surface area contributed by atoms with Gasteiger partial charge in [-0.1, -0.05) is 67.4 Å². The lowest BCUT2D eigenvalue weighted by Gasteiger charge is -2.25. The first-order valence-corrected chi connectivity index (χ1v) is 8.15. The molecule has 0 fully saturated rings. The van der Waals surface area contributed by atoms with Crippen molar-refractivity contribution >= 4 is 29.2 Å². The van der Waals surface area contributed by atoms with E-state index >= 15 is 0 Å². The van der Waals surface area contributed by atoms with Crippen LogP contribution in [0.3, 0.4) is 0 Å². The molecule has 3 nitrogen and oxygen atoms in total. The number of urea groups is 1. The number of amides is 2. The first-order chi connectivity index (χ1) is 10.9. The highest BCUT2D eigenvalue weighted by Crippen LogP contribution is 2.23. The average Bonchev–Trinajstić information content (AvgIpc) is 2.53. The smallest absolute Gasteiger partial charge is 0.315 e. The van der Waals surface area contributed by atoms with Crippen molar-refractivity contribution < 1.29 is 4.79 Å². The Morgan fingerprint density at radius 3 is 2.30 bits per heavy atom. The van der Waals surface area contributed by atoms with Crippen molar-refractivity contribution in [3.63, 3.8) is 0 Å². The van der Waals surface area contributed by atoms with Crippen LogP contribution in [-0.4, -0.2) is 12.6 Å². The van der Waals surface area contributed by atoms with Crippen LogP contribution in [0.4, 0.5) is 4.79 Å². The van der Waals surface area contributed by atoms with Crippen molar-refractivity contribution in [2.45, 2.75) is 25.8 Å². The zero-order chi connectivity index (χ0) is 16.9. The van der Waals surface area contributed by atoms with Gasteiger partial charge in [0.05, 0.1) is 0 Å². The van der Waals surface area contributed by atoms with Gasteiger partial charge in [-0.15, -0.1) is 0 Å². The van der Waals surface area contributed by atoms with Crippen LogP contribution in [0.1, 0.15) is 25.0 Å². The molecule has 0 bridgehead atoms. The summed E-state index contributed by atoms with van der Waals surface area (Å²) in [4.78, 5) is 12.0. The predicted molar refractivity (Wildman–Crippen MR) is 96.2 cm³/mol. The highest BCUT2D eigenvalue weighted by molar-refractivity contribution is 6.31. The maximum absolute atomic E-state index is 12.0. The second-order valence-electron chi connectivity index (χ2n) is 6.02. The maximum Gasteiger partial charge on any atom is 0.315 e. The summed E-state index contributed by atoms with van der Waals surface area (Å²) in [5, 5.41) is 7.07. The minimum atomic E-state index is -0.216. The van der Waals surface area contributed by atoms with E-state index in [0.29, 0.717) is 23.1 Å². The van der Waals surface area contributed by atoms with Gasteiger partial charge >= 0.3 is 6.03 Å². The van der Waals surface area contributed by atoms with E-state index in [1.54, 1.807) is 6.07 Å². The number of halogens is 2. The Morgan fingerprint density at radius 1 is 1.00 bits per heavy atom. The van der Waals surface area contributed by atoms with Crippen molar-refractivity contribution in [2.75, 3.05) is 6.54 Å². The fraction of sp³-hybridized carbons (Fsp3) is 0.278.